The number of imidazole rings is 1. The molecule has 0 aliphatic rings. The van der Waals surface area contributed by atoms with Crippen LogP contribution in [0.5, 0.6) is 5.75 Å². The molecule has 0 amide bonds. The molecule has 1 N–H and O–H groups in total. The predicted octanol–water partition coefficient (Wildman–Crippen LogP) is 3.18. The van der Waals surface area contributed by atoms with E-state index in [4.69, 9.17) is 4.74 Å². The number of nitrogens with one attached hydrogen (secondary N) is 1. The van der Waals surface area contributed by atoms with Crippen molar-refractivity contribution in [2.75, 3.05) is 12.4 Å². The maximum absolute atomic E-state index is 13.5. The Kier molecular flexibility index (Phi) is 3.82. The molecule has 1 aromatic heterocycles. The lowest BCUT2D eigenvalue weighted by Crippen LogP contribution is -2.03. The third-order valence-corrected chi connectivity index (χ3v) is 2.59. The molecule has 0 radical (unpaired) electrons. The van der Waals surface area contributed by atoms with Gasteiger partial charge in [0.05, 0.1) is 7.11 Å². The molecule has 4 nitrogen and oxygen atoms in total. The fraction of sp³-hybridized carbons (Fsp3) is 0.308. The second-order valence-corrected chi connectivity index (χ2v) is 3.92. The maximum Gasteiger partial charge on any atom is 0.207 e. The van der Waals surface area contributed by atoms with Gasteiger partial charge in [-0.05, 0) is 18.6 Å². The van der Waals surface area contributed by atoms with Gasteiger partial charge in [-0.1, -0.05) is 6.92 Å². The fourth-order valence-electron chi connectivity index (χ4n) is 1.73. The molecule has 5 heteroatoms. The van der Waals surface area contributed by atoms with Crippen LogP contribution in [0.15, 0.2) is 30.6 Å². The summed E-state index contributed by atoms with van der Waals surface area (Å²) in [5, 5.41) is 3.09. The number of methoxy groups -OCH3 is 1. The third-order valence-electron chi connectivity index (χ3n) is 2.59. The second kappa shape index (κ2) is 5.53. The number of aromatic nitrogens is 2. The summed E-state index contributed by atoms with van der Waals surface area (Å²) in [5.74, 6) is 0.551. The second-order valence-electron chi connectivity index (χ2n) is 3.92. The van der Waals surface area contributed by atoms with Crippen molar-refractivity contribution in [3.05, 3.63) is 36.4 Å². The smallest absolute Gasteiger partial charge is 0.207 e. The number of aryl methyl sites for hydroxylation is 1. The number of anilines is 2. The molecule has 0 unspecified atom stereocenters. The minimum absolute atomic E-state index is 0.234. The molecule has 0 aliphatic heterocycles. The van der Waals surface area contributed by atoms with Crippen LogP contribution in [0.3, 0.4) is 0 Å². The van der Waals surface area contributed by atoms with Gasteiger partial charge < -0.3 is 14.6 Å². The van der Waals surface area contributed by atoms with E-state index in [0.717, 1.165) is 13.0 Å². The van der Waals surface area contributed by atoms with Crippen LogP contribution >= 0.6 is 0 Å². The van der Waals surface area contributed by atoms with Gasteiger partial charge in [0.2, 0.25) is 5.95 Å². The van der Waals surface area contributed by atoms with Crippen molar-refractivity contribution in [2.24, 2.45) is 0 Å². The zero-order chi connectivity index (χ0) is 13.0. The summed E-state index contributed by atoms with van der Waals surface area (Å²) in [5.41, 5.74) is 0.650. The first-order chi connectivity index (χ1) is 8.74. The topological polar surface area (TPSA) is 39.1 Å². The summed E-state index contributed by atoms with van der Waals surface area (Å²) < 4.78 is 20.4. The van der Waals surface area contributed by atoms with Gasteiger partial charge in [-0.3, -0.25) is 0 Å². The van der Waals surface area contributed by atoms with Crippen LogP contribution < -0.4 is 10.1 Å². The Hall–Kier alpha value is -2.04. The van der Waals surface area contributed by atoms with Crippen LogP contribution in [0.1, 0.15) is 13.3 Å². The van der Waals surface area contributed by atoms with E-state index in [1.165, 1.54) is 13.2 Å². The van der Waals surface area contributed by atoms with Gasteiger partial charge in [-0.2, -0.15) is 0 Å². The predicted molar refractivity (Wildman–Crippen MR) is 68.8 cm³/mol. The Balaban J connectivity index is 2.18. The number of hydrogen-bond acceptors (Lipinski definition) is 3. The van der Waals surface area contributed by atoms with Crippen molar-refractivity contribution in [1.82, 2.24) is 9.55 Å². The van der Waals surface area contributed by atoms with Crippen molar-refractivity contribution in [3.8, 4) is 5.75 Å². The highest BCUT2D eigenvalue weighted by Crippen LogP contribution is 2.22. The lowest BCUT2D eigenvalue weighted by molar-refractivity contribution is 0.386. The molecule has 0 saturated heterocycles. The SMILES string of the molecule is CCCn1ccnc1Nc1ccc(OC)c(F)c1. The van der Waals surface area contributed by atoms with E-state index < -0.39 is 5.82 Å². The first-order valence-electron chi connectivity index (χ1n) is 5.86. The molecule has 0 bridgehead atoms. The summed E-state index contributed by atoms with van der Waals surface area (Å²) in [6, 6.07) is 4.74. The molecule has 18 heavy (non-hydrogen) atoms. The number of halogens is 1. The molecular weight excluding hydrogens is 233 g/mol. The molecule has 0 spiro atoms. The summed E-state index contributed by atoms with van der Waals surface area (Å²) in [6.07, 6.45) is 4.63. The van der Waals surface area contributed by atoms with Gasteiger partial charge in [0.1, 0.15) is 0 Å². The minimum atomic E-state index is -0.393. The van der Waals surface area contributed by atoms with Crippen molar-refractivity contribution in [3.63, 3.8) is 0 Å². The molecule has 2 aromatic rings. The zero-order valence-corrected chi connectivity index (χ0v) is 10.5. The summed E-state index contributed by atoms with van der Waals surface area (Å²) in [7, 11) is 1.44. The van der Waals surface area contributed by atoms with Gasteiger partial charge in [-0.25, -0.2) is 9.37 Å². The number of benzene rings is 1. The van der Waals surface area contributed by atoms with Crippen LogP contribution in [0.4, 0.5) is 16.0 Å². The van der Waals surface area contributed by atoms with E-state index in [0.29, 0.717) is 11.6 Å². The standard InChI is InChI=1S/C13H16FN3O/c1-3-7-17-8-6-15-13(17)16-10-4-5-12(18-2)11(14)9-10/h4-6,8-9H,3,7H2,1-2H3,(H,15,16). The first kappa shape index (κ1) is 12.4. The highest BCUT2D eigenvalue weighted by atomic mass is 19.1. The van der Waals surface area contributed by atoms with Crippen molar-refractivity contribution < 1.29 is 9.13 Å². The van der Waals surface area contributed by atoms with Gasteiger partial charge in [0.25, 0.3) is 0 Å². The number of hydrogen-bond donors (Lipinski definition) is 1. The Morgan fingerprint density at radius 3 is 2.94 bits per heavy atom. The molecular formula is C13H16FN3O. The summed E-state index contributed by atoms with van der Waals surface area (Å²) in [6.45, 7) is 2.97. The molecule has 2 rings (SSSR count). The maximum atomic E-state index is 13.5. The highest BCUT2D eigenvalue weighted by molar-refractivity contribution is 5.55. The Labute approximate surface area is 105 Å². The molecule has 0 aliphatic carbocycles. The first-order valence-corrected chi connectivity index (χ1v) is 5.86. The van der Waals surface area contributed by atoms with Crippen LogP contribution in [0.2, 0.25) is 0 Å². The average molecular weight is 249 g/mol. The Morgan fingerprint density at radius 2 is 2.28 bits per heavy atom. The zero-order valence-electron chi connectivity index (χ0n) is 10.5. The molecule has 96 valence electrons. The average Bonchev–Trinajstić information content (AvgIpc) is 2.78. The van der Waals surface area contributed by atoms with E-state index in [1.807, 2.05) is 10.8 Å². The summed E-state index contributed by atoms with van der Waals surface area (Å²) >= 11 is 0. The van der Waals surface area contributed by atoms with Gasteiger partial charge in [0.15, 0.2) is 11.6 Å². The van der Waals surface area contributed by atoms with E-state index in [-0.39, 0.29) is 5.75 Å². The monoisotopic (exact) mass is 249 g/mol. The van der Waals surface area contributed by atoms with Crippen LogP contribution in [0, 0.1) is 5.82 Å². The third kappa shape index (κ3) is 2.61. The van der Waals surface area contributed by atoms with Crippen molar-refractivity contribution >= 4 is 11.6 Å². The van der Waals surface area contributed by atoms with Crippen LogP contribution in [-0.4, -0.2) is 16.7 Å². The molecule has 0 saturated carbocycles. The molecule has 0 fully saturated rings. The fourth-order valence-corrected chi connectivity index (χ4v) is 1.73. The molecule has 0 atom stereocenters. The van der Waals surface area contributed by atoms with Gasteiger partial charge in [0, 0.05) is 30.7 Å². The highest BCUT2D eigenvalue weighted by Gasteiger charge is 2.06. The van der Waals surface area contributed by atoms with E-state index in [2.05, 4.69) is 17.2 Å². The molecule has 1 heterocycles. The Morgan fingerprint density at radius 1 is 1.44 bits per heavy atom. The van der Waals surface area contributed by atoms with Gasteiger partial charge in [-0.15, -0.1) is 0 Å². The van der Waals surface area contributed by atoms with Gasteiger partial charge >= 0.3 is 0 Å². The van der Waals surface area contributed by atoms with Crippen LogP contribution in [0.25, 0.3) is 0 Å². The van der Waals surface area contributed by atoms with E-state index >= 15 is 0 Å². The normalized spacial score (nSPS) is 10.4. The molecule has 1 aromatic carbocycles. The van der Waals surface area contributed by atoms with E-state index in [1.54, 1.807) is 18.3 Å². The number of nitrogens with zero attached hydrogens (tertiary/aromatic N) is 2. The van der Waals surface area contributed by atoms with Crippen molar-refractivity contribution in [2.45, 2.75) is 19.9 Å². The van der Waals surface area contributed by atoms with Crippen LogP contribution in [-0.2, 0) is 6.54 Å². The number of rotatable bonds is 5. The lowest BCUT2D eigenvalue weighted by Gasteiger charge is -2.09. The largest absolute Gasteiger partial charge is 0.494 e. The minimum Gasteiger partial charge on any atom is -0.494 e. The van der Waals surface area contributed by atoms with Crippen molar-refractivity contribution in [1.29, 1.82) is 0 Å². The lowest BCUT2D eigenvalue weighted by atomic mass is 10.3. The Bertz CT molecular complexity index is 525. The number of ether oxygens (including phenoxy) is 1. The summed E-state index contributed by atoms with van der Waals surface area (Å²) in [4.78, 5) is 4.20. The van der Waals surface area contributed by atoms with E-state index in [9.17, 15) is 4.39 Å². The quantitative estimate of drug-likeness (QED) is 0.884.